The molecule has 1 aliphatic heterocycles. The second-order valence-corrected chi connectivity index (χ2v) is 7.19. The Morgan fingerprint density at radius 3 is 2.71 bits per heavy atom. The maximum Gasteiger partial charge on any atom is 0.293 e. The van der Waals surface area contributed by atoms with E-state index in [0.29, 0.717) is 11.6 Å². The third kappa shape index (κ3) is 3.57. The molecule has 2 N–H and O–H groups in total. The summed E-state index contributed by atoms with van der Waals surface area (Å²) in [5.74, 6) is -0.461. The number of amides is 1. The topological polar surface area (TPSA) is 85.0 Å². The van der Waals surface area contributed by atoms with Crippen LogP contribution in [0.15, 0.2) is 77.4 Å². The molecule has 2 aromatic heterocycles. The summed E-state index contributed by atoms with van der Waals surface area (Å²) in [6.45, 7) is 0. The molecule has 31 heavy (non-hydrogen) atoms. The van der Waals surface area contributed by atoms with E-state index in [1.807, 2.05) is 36.4 Å². The van der Waals surface area contributed by atoms with E-state index in [4.69, 9.17) is 16.0 Å². The number of carbonyl (C=O) groups is 1. The van der Waals surface area contributed by atoms with Crippen LogP contribution < -0.4 is 10.6 Å². The van der Waals surface area contributed by atoms with Gasteiger partial charge in [0.25, 0.3) is 11.9 Å². The van der Waals surface area contributed by atoms with Crippen LogP contribution in [0.2, 0.25) is 5.02 Å². The number of carbonyl (C=O) groups excluding carboxylic acids is 1. The Kier molecular flexibility index (Phi) is 4.76. The van der Waals surface area contributed by atoms with E-state index >= 15 is 0 Å². The average molecular weight is 436 g/mol. The van der Waals surface area contributed by atoms with Crippen molar-refractivity contribution in [2.24, 2.45) is 0 Å². The zero-order valence-corrected chi connectivity index (χ0v) is 16.7. The molecular formula is C22H15ClFN5O2. The zero-order valence-electron chi connectivity index (χ0n) is 15.9. The van der Waals surface area contributed by atoms with Crippen molar-refractivity contribution < 1.29 is 13.6 Å². The lowest BCUT2D eigenvalue weighted by Crippen LogP contribution is -2.21. The van der Waals surface area contributed by atoms with Gasteiger partial charge >= 0.3 is 0 Å². The van der Waals surface area contributed by atoms with Crippen LogP contribution in [0.25, 0.3) is 5.70 Å². The normalized spacial score (nSPS) is 15.0. The number of benzene rings is 2. The molecule has 154 valence electrons. The molecule has 0 fully saturated rings. The SMILES string of the molecule is O=C(Nc1nc2n(n1)C(c1c(F)cccc1Cl)C=C(c1ccccc1)N2)c1ccco1. The molecule has 1 aliphatic rings. The molecule has 1 atom stereocenters. The van der Waals surface area contributed by atoms with Crippen molar-refractivity contribution in [3.8, 4) is 0 Å². The summed E-state index contributed by atoms with van der Waals surface area (Å²) in [4.78, 5) is 16.7. The van der Waals surface area contributed by atoms with Crippen molar-refractivity contribution in [1.82, 2.24) is 14.8 Å². The number of allylic oxidation sites excluding steroid dienone is 1. The van der Waals surface area contributed by atoms with E-state index in [9.17, 15) is 9.18 Å². The van der Waals surface area contributed by atoms with Crippen molar-refractivity contribution >= 4 is 35.1 Å². The average Bonchev–Trinajstić information content (AvgIpc) is 3.44. The predicted octanol–water partition coefficient (Wildman–Crippen LogP) is 4.97. The Balaban J connectivity index is 1.58. The van der Waals surface area contributed by atoms with Gasteiger partial charge in [-0.15, -0.1) is 5.10 Å². The van der Waals surface area contributed by atoms with Gasteiger partial charge < -0.3 is 9.73 Å². The summed E-state index contributed by atoms with van der Waals surface area (Å²) in [6, 6.07) is 16.5. The molecule has 0 radical (unpaired) electrons. The lowest BCUT2D eigenvalue weighted by molar-refractivity contribution is 0.0995. The van der Waals surface area contributed by atoms with E-state index in [1.165, 1.54) is 23.1 Å². The summed E-state index contributed by atoms with van der Waals surface area (Å²) in [6.07, 6.45) is 3.22. The standard InChI is InChI=1S/C22H15ClFN5O2/c23-14-8-4-9-15(24)19(14)17-12-16(13-6-2-1-3-7-13)25-22-27-21(28-29(17)22)26-20(30)18-10-5-11-31-18/h1-12,17H,(H2,25,26,27,28,30). The van der Waals surface area contributed by atoms with Crippen LogP contribution in [0, 0.1) is 5.82 Å². The van der Waals surface area contributed by atoms with Crippen molar-refractivity contribution in [1.29, 1.82) is 0 Å². The molecule has 0 saturated carbocycles. The van der Waals surface area contributed by atoms with Crippen LogP contribution in [0.4, 0.5) is 16.3 Å². The third-order valence-electron chi connectivity index (χ3n) is 4.82. The van der Waals surface area contributed by atoms with Crippen molar-refractivity contribution in [2.45, 2.75) is 6.04 Å². The van der Waals surface area contributed by atoms with Gasteiger partial charge in [0.05, 0.1) is 6.26 Å². The monoisotopic (exact) mass is 435 g/mol. The Morgan fingerprint density at radius 1 is 1.13 bits per heavy atom. The first kappa shape index (κ1) is 19.1. The van der Waals surface area contributed by atoms with Gasteiger partial charge in [-0.05, 0) is 35.9 Å². The molecule has 0 aliphatic carbocycles. The van der Waals surface area contributed by atoms with Crippen LogP contribution >= 0.6 is 11.6 Å². The van der Waals surface area contributed by atoms with Crippen LogP contribution in [0.1, 0.15) is 27.7 Å². The van der Waals surface area contributed by atoms with E-state index in [-0.39, 0.29) is 22.3 Å². The zero-order chi connectivity index (χ0) is 21.4. The molecule has 2 aromatic carbocycles. The molecule has 1 unspecified atom stereocenters. The highest BCUT2D eigenvalue weighted by molar-refractivity contribution is 6.31. The number of fused-ring (bicyclic) bond motifs is 1. The second kappa shape index (κ2) is 7.73. The minimum Gasteiger partial charge on any atom is -0.459 e. The Hall–Kier alpha value is -3.91. The highest BCUT2D eigenvalue weighted by Gasteiger charge is 2.29. The fraction of sp³-hybridized carbons (Fsp3) is 0.0455. The van der Waals surface area contributed by atoms with Crippen molar-refractivity contribution in [3.05, 3.63) is 101 Å². The van der Waals surface area contributed by atoms with Gasteiger partial charge in [-0.25, -0.2) is 9.07 Å². The molecule has 3 heterocycles. The van der Waals surface area contributed by atoms with Crippen LogP contribution in [0.5, 0.6) is 0 Å². The quantitative estimate of drug-likeness (QED) is 0.472. The number of rotatable bonds is 4. The Bertz CT molecular complexity index is 1260. The number of halogens is 2. The molecule has 5 rings (SSSR count). The van der Waals surface area contributed by atoms with Gasteiger partial charge in [-0.1, -0.05) is 48.0 Å². The van der Waals surface area contributed by atoms with Gasteiger partial charge in [-0.3, -0.25) is 10.1 Å². The number of hydrogen-bond donors (Lipinski definition) is 2. The van der Waals surface area contributed by atoms with E-state index in [0.717, 1.165) is 5.56 Å². The summed E-state index contributed by atoms with van der Waals surface area (Å²) in [5.41, 5.74) is 1.86. The molecule has 0 bridgehead atoms. The van der Waals surface area contributed by atoms with Crippen LogP contribution in [-0.4, -0.2) is 20.7 Å². The highest BCUT2D eigenvalue weighted by Crippen LogP contribution is 2.37. The Labute approximate surface area is 181 Å². The maximum atomic E-state index is 14.8. The number of hydrogen-bond acceptors (Lipinski definition) is 5. The molecule has 0 saturated heterocycles. The molecule has 1 amide bonds. The fourth-order valence-corrected chi connectivity index (χ4v) is 3.68. The summed E-state index contributed by atoms with van der Waals surface area (Å²) < 4.78 is 21.4. The number of nitrogens with one attached hydrogen (secondary N) is 2. The first-order chi connectivity index (χ1) is 15.1. The maximum absolute atomic E-state index is 14.8. The molecule has 7 nitrogen and oxygen atoms in total. The van der Waals surface area contributed by atoms with Gasteiger partial charge in [-0.2, -0.15) is 4.98 Å². The van der Waals surface area contributed by atoms with Gasteiger partial charge in [0.15, 0.2) is 5.76 Å². The number of anilines is 2. The highest BCUT2D eigenvalue weighted by atomic mass is 35.5. The summed E-state index contributed by atoms with van der Waals surface area (Å²) >= 11 is 6.35. The lowest BCUT2D eigenvalue weighted by atomic mass is 10.0. The minimum absolute atomic E-state index is 0.0454. The summed E-state index contributed by atoms with van der Waals surface area (Å²) in [7, 11) is 0. The first-order valence-electron chi connectivity index (χ1n) is 9.40. The van der Waals surface area contributed by atoms with Crippen molar-refractivity contribution in [2.75, 3.05) is 10.6 Å². The van der Waals surface area contributed by atoms with Crippen LogP contribution in [0.3, 0.4) is 0 Å². The van der Waals surface area contributed by atoms with E-state index in [1.54, 1.807) is 18.2 Å². The first-order valence-corrected chi connectivity index (χ1v) is 9.77. The molecule has 9 heteroatoms. The van der Waals surface area contributed by atoms with Gasteiger partial charge in [0.1, 0.15) is 11.9 Å². The van der Waals surface area contributed by atoms with E-state index < -0.39 is 17.8 Å². The number of aromatic nitrogens is 3. The van der Waals surface area contributed by atoms with Crippen molar-refractivity contribution in [3.63, 3.8) is 0 Å². The lowest BCUT2D eigenvalue weighted by Gasteiger charge is -2.25. The predicted molar refractivity (Wildman–Crippen MR) is 114 cm³/mol. The smallest absolute Gasteiger partial charge is 0.293 e. The third-order valence-corrected chi connectivity index (χ3v) is 5.15. The Morgan fingerprint density at radius 2 is 1.97 bits per heavy atom. The minimum atomic E-state index is -0.679. The van der Waals surface area contributed by atoms with Gasteiger partial charge in [0.2, 0.25) is 5.95 Å². The number of furan rings is 1. The molecular weight excluding hydrogens is 421 g/mol. The fourth-order valence-electron chi connectivity index (χ4n) is 3.40. The van der Waals surface area contributed by atoms with E-state index in [2.05, 4.69) is 20.7 Å². The largest absolute Gasteiger partial charge is 0.459 e. The molecule has 0 spiro atoms. The molecule has 4 aromatic rings. The number of nitrogens with zero attached hydrogens (tertiary/aromatic N) is 3. The van der Waals surface area contributed by atoms with Crippen LogP contribution in [-0.2, 0) is 0 Å². The van der Waals surface area contributed by atoms with Gasteiger partial charge in [0, 0.05) is 16.3 Å². The second-order valence-electron chi connectivity index (χ2n) is 6.79. The summed E-state index contributed by atoms with van der Waals surface area (Å²) in [5, 5.41) is 10.4.